The van der Waals surface area contributed by atoms with Crippen LogP contribution in [0.4, 0.5) is 4.39 Å². The van der Waals surface area contributed by atoms with E-state index in [0.717, 1.165) is 32.8 Å². The minimum atomic E-state index is -0.310. The number of halogens is 2. The Hall–Kier alpha value is -2.26. The van der Waals surface area contributed by atoms with E-state index in [4.69, 9.17) is 16.6 Å². The topological polar surface area (TPSA) is 25.2 Å². The zero-order valence-electron chi connectivity index (χ0n) is 13.4. The SMILES string of the molecule is CC1N=C(c2cnc3c(F)cccc3c2)c2cccc(Cl)c2C1C. The predicted molar refractivity (Wildman–Crippen MR) is 96.7 cm³/mol. The van der Waals surface area contributed by atoms with Gasteiger partial charge in [-0.15, -0.1) is 0 Å². The van der Waals surface area contributed by atoms with E-state index in [0.29, 0.717) is 5.52 Å². The van der Waals surface area contributed by atoms with Crippen LogP contribution in [0, 0.1) is 5.82 Å². The van der Waals surface area contributed by atoms with E-state index in [1.165, 1.54) is 6.07 Å². The number of fused-ring (bicyclic) bond motifs is 2. The summed E-state index contributed by atoms with van der Waals surface area (Å²) >= 11 is 6.45. The third-order valence-electron chi connectivity index (χ3n) is 4.75. The molecule has 0 fully saturated rings. The van der Waals surface area contributed by atoms with Gasteiger partial charge in [-0.2, -0.15) is 0 Å². The van der Waals surface area contributed by atoms with Gasteiger partial charge in [0, 0.05) is 33.7 Å². The lowest BCUT2D eigenvalue weighted by molar-refractivity contribution is 0.605. The second-order valence-corrected chi connectivity index (χ2v) is 6.65. The quantitative estimate of drug-likeness (QED) is 0.585. The van der Waals surface area contributed by atoms with Crippen LogP contribution in [-0.4, -0.2) is 16.7 Å². The summed E-state index contributed by atoms with van der Waals surface area (Å²) in [6, 6.07) is 12.9. The molecule has 2 atom stereocenters. The monoisotopic (exact) mass is 338 g/mol. The van der Waals surface area contributed by atoms with Crippen molar-refractivity contribution >= 4 is 28.2 Å². The van der Waals surface area contributed by atoms with Crippen LogP contribution in [-0.2, 0) is 0 Å². The smallest absolute Gasteiger partial charge is 0.149 e. The lowest BCUT2D eigenvalue weighted by Crippen LogP contribution is -2.23. The van der Waals surface area contributed by atoms with Crippen molar-refractivity contribution < 1.29 is 4.39 Å². The number of aromatic nitrogens is 1. The van der Waals surface area contributed by atoms with Gasteiger partial charge in [-0.25, -0.2) is 4.39 Å². The van der Waals surface area contributed by atoms with Gasteiger partial charge in [0.15, 0.2) is 0 Å². The van der Waals surface area contributed by atoms with Crippen molar-refractivity contribution in [3.8, 4) is 0 Å². The van der Waals surface area contributed by atoms with E-state index >= 15 is 0 Å². The van der Waals surface area contributed by atoms with Crippen molar-refractivity contribution in [1.29, 1.82) is 0 Å². The Kier molecular flexibility index (Phi) is 3.61. The van der Waals surface area contributed by atoms with Gasteiger partial charge in [0.05, 0.1) is 11.8 Å². The van der Waals surface area contributed by atoms with Crippen LogP contribution < -0.4 is 0 Å². The molecule has 0 N–H and O–H groups in total. The van der Waals surface area contributed by atoms with E-state index in [1.54, 1.807) is 12.3 Å². The summed E-state index contributed by atoms with van der Waals surface area (Å²) in [5.74, 6) is -0.0571. The number of hydrogen-bond acceptors (Lipinski definition) is 2. The van der Waals surface area contributed by atoms with Gasteiger partial charge in [0.2, 0.25) is 0 Å². The molecule has 0 saturated heterocycles. The van der Waals surface area contributed by atoms with Gasteiger partial charge in [-0.05, 0) is 30.7 Å². The Labute approximate surface area is 145 Å². The predicted octanol–water partition coefficient (Wildman–Crippen LogP) is 5.37. The van der Waals surface area contributed by atoms with Crippen molar-refractivity contribution in [3.05, 3.63) is 76.2 Å². The van der Waals surface area contributed by atoms with Gasteiger partial charge < -0.3 is 0 Å². The lowest BCUT2D eigenvalue weighted by atomic mass is 9.84. The molecule has 120 valence electrons. The maximum atomic E-state index is 13.9. The van der Waals surface area contributed by atoms with Crippen molar-refractivity contribution in [1.82, 2.24) is 4.98 Å². The van der Waals surface area contributed by atoms with Crippen LogP contribution in [0.15, 0.2) is 53.7 Å². The fourth-order valence-corrected chi connectivity index (χ4v) is 3.66. The Balaban J connectivity index is 1.94. The number of rotatable bonds is 1. The molecule has 0 amide bonds. The van der Waals surface area contributed by atoms with Crippen LogP contribution in [0.5, 0.6) is 0 Å². The molecule has 0 saturated carbocycles. The summed E-state index contributed by atoms with van der Waals surface area (Å²) in [7, 11) is 0. The molecule has 2 aromatic carbocycles. The first-order valence-electron chi connectivity index (χ1n) is 7.97. The molecule has 1 aliphatic heterocycles. The van der Waals surface area contributed by atoms with Crippen LogP contribution in [0.1, 0.15) is 36.5 Å². The fraction of sp³-hybridized carbons (Fsp3) is 0.200. The highest BCUT2D eigenvalue weighted by Crippen LogP contribution is 2.36. The van der Waals surface area contributed by atoms with Gasteiger partial charge in [0.25, 0.3) is 0 Å². The van der Waals surface area contributed by atoms with Crippen molar-refractivity contribution in [2.75, 3.05) is 0 Å². The van der Waals surface area contributed by atoms with Crippen LogP contribution in [0.2, 0.25) is 5.02 Å². The Morgan fingerprint density at radius 1 is 1.08 bits per heavy atom. The average molecular weight is 339 g/mol. The molecule has 0 bridgehead atoms. The van der Waals surface area contributed by atoms with Crippen LogP contribution in [0.3, 0.4) is 0 Å². The van der Waals surface area contributed by atoms with Gasteiger partial charge >= 0.3 is 0 Å². The Bertz CT molecular complexity index is 981. The van der Waals surface area contributed by atoms with E-state index in [-0.39, 0.29) is 17.8 Å². The summed E-state index contributed by atoms with van der Waals surface area (Å²) in [6.07, 6.45) is 1.69. The first kappa shape index (κ1) is 15.3. The molecule has 0 radical (unpaired) electrons. The van der Waals surface area contributed by atoms with Crippen LogP contribution >= 0.6 is 11.6 Å². The summed E-state index contributed by atoms with van der Waals surface area (Å²) < 4.78 is 13.9. The molecule has 2 nitrogen and oxygen atoms in total. The van der Waals surface area contributed by atoms with Gasteiger partial charge in [-0.3, -0.25) is 9.98 Å². The molecule has 2 heterocycles. The van der Waals surface area contributed by atoms with E-state index in [2.05, 4.69) is 18.8 Å². The van der Waals surface area contributed by atoms with Gasteiger partial charge in [-0.1, -0.05) is 42.8 Å². The van der Waals surface area contributed by atoms with Crippen molar-refractivity contribution in [2.45, 2.75) is 25.8 Å². The van der Waals surface area contributed by atoms with Crippen LogP contribution in [0.25, 0.3) is 10.9 Å². The lowest BCUT2D eigenvalue weighted by Gasteiger charge is -2.28. The zero-order chi connectivity index (χ0) is 16.8. The Morgan fingerprint density at radius 3 is 2.71 bits per heavy atom. The standard InChI is InChI=1S/C20H16ClFN2/c1-11-12(2)24-19(15-6-4-7-16(21)18(11)15)14-9-13-5-3-8-17(22)20(13)23-10-14/h3-12H,1-2H3. The third kappa shape index (κ3) is 2.31. The minimum Gasteiger partial charge on any atom is -0.280 e. The van der Waals surface area contributed by atoms with Crippen molar-refractivity contribution in [3.63, 3.8) is 0 Å². The second kappa shape index (κ2) is 5.67. The summed E-state index contributed by atoms with van der Waals surface area (Å²) in [5, 5.41) is 1.53. The molecule has 3 aromatic rings. The van der Waals surface area contributed by atoms with Crippen molar-refractivity contribution in [2.24, 2.45) is 4.99 Å². The summed E-state index contributed by atoms with van der Waals surface area (Å²) in [6.45, 7) is 4.23. The molecule has 0 aliphatic carbocycles. The Morgan fingerprint density at radius 2 is 1.88 bits per heavy atom. The average Bonchev–Trinajstić information content (AvgIpc) is 2.58. The molecule has 4 rings (SSSR count). The molecule has 0 spiro atoms. The maximum absolute atomic E-state index is 13.9. The number of aliphatic imine (C=N–C) groups is 1. The fourth-order valence-electron chi connectivity index (χ4n) is 3.32. The molecular formula is C20H16ClFN2. The largest absolute Gasteiger partial charge is 0.280 e. The molecular weight excluding hydrogens is 323 g/mol. The summed E-state index contributed by atoms with van der Waals surface area (Å²) in [5.41, 5.74) is 4.29. The van der Waals surface area contributed by atoms with Gasteiger partial charge in [0.1, 0.15) is 11.3 Å². The first-order chi connectivity index (χ1) is 11.6. The number of hydrogen-bond donors (Lipinski definition) is 0. The molecule has 24 heavy (non-hydrogen) atoms. The second-order valence-electron chi connectivity index (χ2n) is 6.24. The molecule has 1 aliphatic rings. The molecule has 2 unspecified atom stereocenters. The highest BCUT2D eigenvalue weighted by Gasteiger charge is 2.28. The first-order valence-corrected chi connectivity index (χ1v) is 8.35. The normalized spacial score (nSPS) is 19.9. The molecule has 4 heteroatoms. The van der Waals surface area contributed by atoms with E-state index in [1.807, 2.05) is 30.3 Å². The zero-order valence-corrected chi connectivity index (χ0v) is 14.2. The van der Waals surface area contributed by atoms with E-state index < -0.39 is 0 Å². The minimum absolute atomic E-state index is 0.121. The third-order valence-corrected chi connectivity index (χ3v) is 5.08. The number of benzene rings is 2. The molecule has 1 aromatic heterocycles. The number of para-hydroxylation sites is 1. The number of nitrogens with zero attached hydrogens (tertiary/aromatic N) is 2. The maximum Gasteiger partial charge on any atom is 0.149 e. The van der Waals surface area contributed by atoms with E-state index in [9.17, 15) is 4.39 Å². The number of pyridine rings is 1. The summed E-state index contributed by atoms with van der Waals surface area (Å²) in [4.78, 5) is 9.18. The highest BCUT2D eigenvalue weighted by molar-refractivity contribution is 6.32. The highest BCUT2D eigenvalue weighted by atomic mass is 35.5.